The van der Waals surface area contributed by atoms with Gasteiger partial charge < -0.3 is 0 Å². The van der Waals surface area contributed by atoms with Crippen LogP contribution in [0.5, 0.6) is 0 Å². The summed E-state index contributed by atoms with van der Waals surface area (Å²) in [6.45, 7) is 4.44. The molecule has 0 aromatic heterocycles. The Hall–Kier alpha value is -1.56. The summed E-state index contributed by atoms with van der Waals surface area (Å²) >= 11 is 0. The van der Waals surface area contributed by atoms with Crippen LogP contribution in [-0.4, -0.2) is 0 Å². The number of hydrogen-bond donors (Lipinski definition) is 0. The molecular formula is C17H18. The number of fused-ring (bicyclic) bond motifs is 1. The maximum atomic E-state index is 2.38. The second kappa shape index (κ2) is 4.03. The summed E-state index contributed by atoms with van der Waals surface area (Å²) in [4.78, 5) is 0. The largest absolute Gasteiger partial charge is 0.0776 e. The molecule has 2 aliphatic rings. The molecule has 1 aromatic carbocycles. The molecule has 86 valence electrons. The Morgan fingerprint density at radius 2 is 1.65 bits per heavy atom. The van der Waals surface area contributed by atoms with Gasteiger partial charge in [0.25, 0.3) is 0 Å². The first-order chi connectivity index (χ1) is 8.25. The predicted octanol–water partition coefficient (Wildman–Crippen LogP) is 4.55. The summed E-state index contributed by atoms with van der Waals surface area (Å²) < 4.78 is 0. The highest BCUT2D eigenvalue weighted by atomic mass is 14.3. The minimum atomic E-state index is 0.599. The maximum Gasteiger partial charge on any atom is 0.00385 e. The SMILES string of the molecule is Cc1ccc(C)c2c1C=CC2CC1C=CC=C1. The Kier molecular flexibility index (Phi) is 2.51. The van der Waals surface area contributed by atoms with Crippen molar-refractivity contribution in [3.63, 3.8) is 0 Å². The van der Waals surface area contributed by atoms with E-state index < -0.39 is 0 Å². The third kappa shape index (κ3) is 1.78. The molecule has 2 aliphatic carbocycles. The average molecular weight is 222 g/mol. The average Bonchev–Trinajstić information content (AvgIpc) is 2.94. The quantitative estimate of drug-likeness (QED) is 0.689. The fraction of sp³-hybridized carbons (Fsp3) is 0.294. The van der Waals surface area contributed by atoms with Crippen molar-refractivity contribution in [3.05, 3.63) is 64.8 Å². The van der Waals surface area contributed by atoms with Gasteiger partial charge in [0.2, 0.25) is 0 Å². The normalized spacial score (nSPS) is 21.4. The van der Waals surface area contributed by atoms with Gasteiger partial charge in [0.1, 0.15) is 0 Å². The van der Waals surface area contributed by atoms with Gasteiger partial charge in [0.15, 0.2) is 0 Å². The molecule has 0 N–H and O–H groups in total. The molecule has 0 amide bonds. The van der Waals surface area contributed by atoms with Crippen molar-refractivity contribution < 1.29 is 0 Å². The lowest BCUT2D eigenvalue weighted by molar-refractivity contribution is 0.658. The van der Waals surface area contributed by atoms with Gasteiger partial charge in [-0.25, -0.2) is 0 Å². The molecule has 0 aliphatic heterocycles. The van der Waals surface area contributed by atoms with Gasteiger partial charge in [0, 0.05) is 5.92 Å². The number of allylic oxidation sites excluding steroid dienone is 5. The Bertz CT molecular complexity index is 517. The van der Waals surface area contributed by atoms with E-state index in [4.69, 9.17) is 0 Å². The van der Waals surface area contributed by atoms with Crippen LogP contribution in [0.4, 0.5) is 0 Å². The molecule has 17 heavy (non-hydrogen) atoms. The van der Waals surface area contributed by atoms with Crippen molar-refractivity contribution in [2.75, 3.05) is 0 Å². The molecule has 0 fully saturated rings. The molecule has 0 saturated heterocycles. The first kappa shape index (κ1) is 10.6. The van der Waals surface area contributed by atoms with Crippen molar-refractivity contribution in [2.24, 2.45) is 5.92 Å². The Morgan fingerprint density at radius 1 is 0.941 bits per heavy atom. The van der Waals surface area contributed by atoms with Crippen molar-refractivity contribution in [1.29, 1.82) is 0 Å². The van der Waals surface area contributed by atoms with Gasteiger partial charge in [0.05, 0.1) is 0 Å². The van der Waals surface area contributed by atoms with Crippen molar-refractivity contribution in [3.8, 4) is 0 Å². The zero-order chi connectivity index (χ0) is 11.8. The fourth-order valence-electron chi connectivity index (χ4n) is 3.00. The third-order valence-electron chi connectivity index (χ3n) is 3.94. The van der Waals surface area contributed by atoms with Gasteiger partial charge in [-0.05, 0) is 48.4 Å². The Morgan fingerprint density at radius 3 is 2.41 bits per heavy atom. The predicted molar refractivity (Wildman–Crippen MR) is 74.1 cm³/mol. The molecule has 0 nitrogen and oxygen atoms in total. The topological polar surface area (TPSA) is 0 Å². The molecule has 0 heterocycles. The van der Waals surface area contributed by atoms with Crippen LogP contribution in [-0.2, 0) is 0 Å². The summed E-state index contributed by atoms with van der Waals surface area (Å²) in [5, 5.41) is 0. The van der Waals surface area contributed by atoms with Gasteiger partial charge in [-0.3, -0.25) is 0 Å². The molecular weight excluding hydrogens is 204 g/mol. The van der Waals surface area contributed by atoms with Gasteiger partial charge in [-0.15, -0.1) is 0 Å². The minimum Gasteiger partial charge on any atom is -0.0776 e. The summed E-state index contributed by atoms with van der Waals surface area (Å²) in [7, 11) is 0. The van der Waals surface area contributed by atoms with Crippen molar-refractivity contribution in [1.82, 2.24) is 0 Å². The lowest BCUT2D eigenvalue weighted by atomic mass is 9.87. The van der Waals surface area contributed by atoms with Crippen LogP contribution in [0.15, 0.2) is 42.5 Å². The van der Waals surface area contributed by atoms with E-state index in [1.165, 1.54) is 23.1 Å². The van der Waals surface area contributed by atoms with Crippen molar-refractivity contribution >= 4 is 6.08 Å². The summed E-state index contributed by atoms with van der Waals surface area (Å²) in [5.41, 5.74) is 5.85. The number of benzene rings is 1. The molecule has 1 aromatic rings. The van der Waals surface area contributed by atoms with E-state index in [1.54, 1.807) is 5.56 Å². The fourth-order valence-corrected chi connectivity index (χ4v) is 3.00. The van der Waals surface area contributed by atoms with Crippen LogP contribution in [0.2, 0.25) is 0 Å². The number of aryl methyl sites for hydroxylation is 2. The second-order valence-electron chi connectivity index (χ2n) is 5.16. The molecule has 0 spiro atoms. The van der Waals surface area contributed by atoms with Crippen LogP contribution < -0.4 is 0 Å². The van der Waals surface area contributed by atoms with Crippen LogP contribution in [0.1, 0.15) is 34.6 Å². The Balaban J connectivity index is 1.92. The standard InChI is InChI=1S/C17H18/c1-12-7-8-13(2)17-15(9-10-16(12)17)11-14-5-3-4-6-14/h3-10,14-15H,11H2,1-2H3. The molecule has 0 saturated carbocycles. The van der Waals surface area contributed by atoms with Gasteiger partial charge in [-0.1, -0.05) is 48.6 Å². The molecule has 0 radical (unpaired) electrons. The monoisotopic (exact) mass is 222 g/mol. The van der Waals surface area contributed by atoms with E-state index in [-0.39, 0.29) is 0 Å². The highest BCUT2D eigenvalue weighted by molar-refractivity contribution is 5.67. The lowest BCUT2D eigenvalue weighted by Gasteiger charge is -2.17. The van der Waals surface area contributed by atoms with E-state index >= 15 is 0 Å². The van der Waals surface area contributed by atoms with Crippen LogP contribution in [0, 0.1) is 19.8 Å². The Labute approximate surface area is 103 Å². The molecule has 3 rings (SSSR count). The van der Waals surface area contributed by atoms with E-state index in [1.807, 2.05) is 0 Å². The number of hydrogen-bond acceptors (Lipinski definition) is 0. The van der Waals surface area contributed by atoms with Gasteiger partial charge in [-0.2, -0.15) is 0 Å². The third-order valence-corrected chi connectivity index (χ3v) is 3.94. The zero-order valence-corrected chi connectivity index (χ0v) is 10.5. The highest BCUT2D eigenvalue weighted by Gasteiger charge is 2.22. The van der Waals surface area contributed by atoms with Crippen LogP contribution >= 0.6 is 0 Å². The van der Waals surface area contributed by atoms with Gasteiger partial charge >= 0.3 is 0 Å². The summed E-state index contributed by atoms with van der Waals surface area (Å²) in [5.74, 6) is 1.22. The highest BCUT2D eigenvalue weighted by Crippen LogP contribution is 2.39. The molecule has 0 bridgehead atoms. The second-order valence-corrected chi connectivity index (χ2v) is 5.16. The zero-order valence-electron chi connectivity index (χ0n) is 10.5. The first-order valence-corrected chi connectivity index (χ1v) is 6.39. The first-order valence-electron chi connectivity index (χ1n) is 6.39. The van der Waals surface area contributed by atoms with E-state index in [9.17, 15) is 0 Å². The minimum absolute atomic E-state index is 0.599. The van der Waals surface area contributed by atoms with E-state index in [0.29, 0.717) is 11.8 Å². The summed E-state index contributed by atoms with van der Waals surface area (Å²) in [6.07, 6.45) is 14.8. The van der Waals surface area contributed by atoms with Crippen molar-refractivity contribution in [2.45, 2.75) is 26.2 Å². The molecule has 1 atom stereocenters. The van der Waals surface area contributed by atoms with Crippen LogP contribution in [0.3, 0.4) is 0 Å². The molecule has 1 unspecified atom stereocenters. The van der Waals surface area contributed by atoms with E-state index in [2.05, 4.69) is 62.4 Å². The number of rotatable bonds is 2. The maximum absolute atomic E-state index is 2.38. The van der Waals surface area contributed by atoms with Crippen LogP contribution in [0.25, 0.3) is 6.08 Å². The lowest BCUT2D eigenvalue weighted by Crippen LogP contribution is -2.02. The summed E-state index contributed by atoms with van der Waals surface area (Å²) in [6, 6.07) is 4.49. The smallest absolute Gasteiger partial charge is 0.00385 e. The molecule has 0 heteroatoms. The van der Waals surface area contributed by atoms with E-state index in [0.717, 1.165) is 0 Å².